The lowest BCUT2D eigenvalue weighted by molar-refractivity contribution is -0.121. The van der Waals surface area contributed by atoms with Gasteiger partial charge in [-0.15, -0.1) is 0 Å². The maximum atomic E-state index is 13.9. The summed E-state index contributed by atoms with van der Waals surface area (Å²) in [6.07, 6.45) is 4.70. The average Bonchev–Trinajstić information content (AvgIpc) is 2.54. The van der Waals surface area contributed by atoms with E-state index in [1.54, 1.807) is 6.07 Å². The number of piperidine rings is 1. The Morgan fingerprint density at radius 3 is 3.04 bits per heavy atom. The first kappa shape index (κ1) is 16.6. The number of hydrogen-bond acceptors (Lipinski definition) is 3. The Bertz CT molecular complexity index is 750. The van der Waals surface area contributed by atoms with E-state index in [4.69, 9.17) is 0 Å². The predicted molar refractivity (Wildman–Crippen MR) is 89.9 cm³/mol. The Morgan fingerprint density at radius 1 is 1.42 bits per heavy atom. The fourth-order valence-corrected chi connectivity index (χ4v) is 3.28. The van der Waals surface area contributed by atoms with E-state index in [0.29, 0.717) is 18.4 Å². The Hall–Kier alpha value is -2.24. The highest BCUT2D eigenvalue weighted by atomic mass is 19.1. The van der Waals surface area contributed by atoms with E-state index in [0.717, 1.165) is 37.6 Å². The minimum atomic E-state index is -0.656. The van der Waals surface area contributed by atoms with Crippen molar-refractivity contribution in [2.24, 2.45) is 0 Å². The first-order valence-electron chi connectivity index (χ1n) is 8.36. The minimum Gasteiger partial charge on any atom is -0.369 e. The van der Waals surface area contributed by atoms with Gasteiger partial charge in [0.25, 0.3) is 0 Å². The molecule has 1 fully saturated rings. The molecule has 3 rings (SSSR count). The number of fused-ring (bicyclic) bond motifs is 1. The number of nitrogens with one attached hydrogen (secondary N) is 1. The molecule has 1 amide bonds. The van der Waals surface area contributed by atoms with Crippen LogP contribution in [0.25, 0.3) is 10.9 Å². The summed E-state index contributed by atoms with van der Waals surface area (Å²) in [7, 11) is 0. The van der Waals surface area contributed by atoms with E-state index < -0.39 is 11.6 Å². The first-order chi connectivity index (χ1) is 11.6. The highest BCUT2D eigenvalue weighted by Gasteiger charge is 2.23. The van der Waals surface area contributed by atoms with Crippen molar-refractivity contribution in [1.29, 1.82) is 0 Å². The first-order valence-corrected chi connectivity index (χ1v) is 8.36. The van der Waals surface area contributed by atoms with Gasteiger partial charge in [0.15, 0.2) is 5.82 Å². The van der Waals surface area contributed by atoms with Gasteiger partial charge < -0.3 is 10.2 Å². The van der Waals surface area contributed by atoms with Crippen LogP contribution >= 0.6 is 0 Å². The summed E-state index contributed by atoms with van der Waals surface area (Å²) in [5.41, 5.74) is 0.930. The van der Waals surface area contributed by atoms with Crippen LogP contribution < -0.4 is 10.2 Å². The fourth-order valence-electron chi connectivity index (χ4n) is 3.28. The molecule has 1 N–H and O–H groups in total. The van der Waals surface area contributed by atoms with Crippen LogP contribution in [0.5, 0.6) is 0 Å². The molecule has 1 saturated heterocycles. The fraction of sp³-hybridized carbons (Fsp3) is 0.444. The molecular formula is C18H21F2N3O. The third-order valence-electron chi connectivity index (χ3n) is 4.34. The van der Waals surface area contributed by atoms with Crippen LogP contribution in [0, 0.1) is 11.6 Å². The van der Waals surface area contributed by atoms with Gasteiger partial charge in [0.2, 0.25) is 5.91 Å². The molecule has 128 valence electrons. The second-order valence-corrected chi connectivity index (χ2v) is 6.22. The molecule has 0 aliphatic carbocycles. The Kier molecular flexibility index (Phi) is 4.92. The quantitative estimate of drug-likeness (QED) is 0.933. The van der Waals surface area contributed by atoms with Crippen molar-refractivity contribution in [2.75, 3.05) is 18.0 Å². The Morgan fingerprint density at radius 2 is 2.25 bits per heavy atom. The molecule has 2 heterocycles. The van der Waals surface area contributed by atoms with Crippen LogP contribution in [0.3, 0.4) is 0 Å². The number of aromatic nitrogens is 1. The van der Waals surface area contributed by atoms with Crippen molar-refractivity contribution in [3.8, 4) is 0 Å². The second-order valence-electron chi connectivity index (χ2n) is 6.22. The van der Waals surface area contributed by atoms with Gasteiger partial charge in [-0.05, 0) is 31.4 Å². The molecule has 2 aromatic rings. The summed E-state index contributed by atoms with van der Waals surface area (Å²) >= 11 is 0. The van der Waals surface area contributed by atoms with Crippen LogP contribution in [-0.4, -0.2) is 30.0 Å². The number of pyridine rings is 1. The largest absolute Gasteiger partial charge is 0.369 e. The highest BCUT2D eigenvalue weighted by Crippen LogP contribution is 2.29. The van der Waals surface area contributed by atoms with Gasteiger partial charge in [-0.3, -0.25) is 9.78 Å². The third kappa shape index (κ3) is 3.47. The van der Waals surface area contributed by atoms with Gasteiger partial charge in [0.05, 0.1) is 0 Å². The van der Waals surface area contributed by atoms with E-state index in [1.807, 2.05) is 6.92 Å². The number of anilines is 1. The van der Waals surface area contributed by atoms with Crippen LogP contribution in [0.15, 0.2) is 24.4 Å². The Labute approximate surface area is 139 Å². The lowest BCUT2D eigenvalue weighted by Crippen LogP contribution is -2.47. The zero-order valence-corrected chi connectivity index (χ0v) is 13.7. The SMILES string of the molecule is CCCC(=O)NC1CCCN(c2ccnc3c(F)cc(F)cc23)C1. The van der Waals surface area contributed by atoms with Crippen LogP contribution in [-0.2, 0) is 4.79 Å². The number of carbonyl (C=O) groups excluding carboxylic acids is 1. The smallest absolute Gasteiger partial charge is 0.220 e. The molecule has 0 bridgehead atoms. The van der Waals surface area contributed by atoms with Crippen molar-refractivity contribution >= 4 is 22.5 Å². The van der Waals surface area contributed by atoms with Crippen LogP contribution in [0.1, 0.15) is 32.6 Å². The van der Waals surface area contributed by atoms with Gasteiger partial charge in [0.1, 0.15) is 11.3 Å². The lowest BCUT2D eigenvalue weighted by Gasteiger charge is -2.35. The van der Waals surface area contributed by atoms with Crippen LogP contribution in [0.2, 0.25) is 0 Å². The number of benzene rings is 1. The number of rotatable bonds is 4. The maximum absolute atomic E-state index is 13.9. The number of nitrogens with zero attached hydrogens (tertiary/aromatic N) is 2. The summed E-state index contributed by atoms with van der Waals surface area (Å²) in [5.74, 6) is -1.21. The number of halogens is 2. The van der Waals surface area contributed by atoms with Crippen molar-refractivity contribution < 1.29 is 13.6 Å². The molecule has 6 heteroatoms. The monoisotopic (exact) mass is 333 g/mol. The van der Waals surface area contributed by atoms with Crippen LogP contribution in [0.4, 0.5) is 14.5 Å². The lowest BCUT2D eigenvalue weighted by atomic mass is 10.0. The summed E-state index contributed by atoms with van der Waals surface area (Å²) in [6.45, 7) is 3.39. The molecule has 1 unspecified atom stereocenters. The van der Waals surface area contributed by atoms with Crippen molar-refractivity contribution in [3.63, 3.8) is 0 Å². The molecule has 1 aromatic heterocycles. The molecule has 0 saturated carbocycles. The molecule has 1 aliphatic heterocycles. The van der Waals surface area contributed by atoms with Gasteiger partial charge in [-0.2, -0.15) is 0 Å². The number of hydrogen-bond donors (Lipinski definition) is 1. The predicted octanol–water partition coefficient (Wildman–Crippen LogP) is 3.40. The summed E-state index contributed by atoms with van der Waals surface area (Å²) in [6, 6.07) is 4.00. The van der Waals surface area contributed by atoms with Gasteiger partial charge >= 0.3 is 0 Å². The van der Waals surface area contributed by atoms with E-state index in [9.17, 15) is 13.6 Å². The van der Waals surface area contributed by atoms with Gasteiger partial charge in [0, 0.05) is 48.9 Å². The standard InChI is InChI=1S/C18H21F2N3O/c1-2-4-17(24)22-13-5-3-8-23(11-13)16-6-7-21-18-14(16)9-12(19)10-15(18)20/h6-7,9-10,13H,2-5,8,11H2,1H3,(H,22,24). The summed E-state index contributed by atoms with van der Waals surface area (Å²) in [5, 5.41) is 3.51. The van der Waals surface area contributed by atoms with E-state index >= 15 is 0 Å². The van der Waals surface area contributed by atoms with Gasteiger partial charge in [-0.25, -0.2) is 8.78 Å². The number of carbonyl (C=O) groups is 1. The highest BCUT2D eigenvalue weighted by molar-refractivity contribution is 5.92. The van der Waals surface area contributed by atoms with E-state index in [1.165, 1.54) is 12.3 Å². The molecule has 24 heavy (non-hydrogen) atoms. The third-order valence-corrected chi connectivity index (χ3v) is 4.34. The molecule has 4 nitrogen and oxygen atoms in total. The summed E-state index contributed by atoms with van der Waals surface area (Å²) < 4.78 is 27.6. The summed E-state index contributed by atoms with van der Waals surface area (Å²) in [4.78, 5) is 17.9. The average molecular weight is 333 g/mol. The van der Waals surface area contributed by atoms with Crippen molar-refractivity contribution in [3.05, 3.63) is 36.0 Å². The topological polar surface area (TPSA) is 45.2 Å². The van der Waals surface area contributed by atoms with E-state index in [-0.39, 0.29) is 17.5 Å². The van der Waals surface area contributed by atoms with E-state index in [2.05, 4.69) is 15.2 Å². The molecule has 1 aromatic carbocycles. The maximum Gasteiger partial charge on any atom is 0.220 e. The molecule has 0 radical (unpaired) electrons. The molecule has 1 atom stereocenters. The minimum absolute atomic E-state index is 0.0550. The number of amides is 1. The second kappa shape index (κ2) is 7.11. The molecular weight excluding hydrogens is 312 g/mol. The molecule has 1 aliphatic rings. The van der Waals surface area contributed by atoms with Gasteiger partial charge in [-0.1, -0.05) is 6.92 Å². The molecule has 0 spiro atoms. The Balaban J connectivity index is 1.86. The zero-order valence-electron chi connectivity index (χ0n) is 13.7. The van der Waals surface area contributed by atoms with Crippen molar-refractivity contribution in [1.82, 2.24) is 10.3 Å². The van der Waals surface area contributed by atoms with Crippen molar-refractivity contribution in [2.45, 2.75) is 38.6 Å². The zero-order chi connectivity index (χ0) is 17.1. The normalized spacial score (nSPS) is 18.0.